The van der Waals surface area contributed by atoms with Gasteiger partial charge in [0.05, 0.1) is 6.61 Å². The summed E-state index contributed by atoms with van der Waals surface area (Å²) in [5.74, 6) is -0.675. The molecular weight excluding hydrogens is 372 g/mol. The second kappa shape index (κ2) is 8.47. The Kier molecular flexibility index (Phi) is 6.53. The van der Waals surface area contributed by atoms with E-state index in [0.717, 1.165) is 22.7 Å². The summed E-state index contributed by atoms with van der Waals surface area (Å²) >= 11 is 0.848. The Bertz CT molecular complexity index is 1010. The molecule has 2 aromatic rings. The SMILES string of the molecule is CCCc1nc(S[C@H](C(C)=O)C(=O)OCC)c2c(=O)n(C)c(=O)n(C)c2n1. The number of carbonyl (C=O) groups is 2. The third kappa shape index (κ3) is 4.10. The lowest BCUT2D eigenvalue weighted by Gasteiger charge is -2.15. The third-order valence-corrected chi connectivity index (χ3v) is 5.16. The fourth-order valence-corrected chi connectivity index (χ4v) is 3.53. The van der Waals surface area contributed by atoms with Gasteiger partial charge in [-0.3, -0.25) is 23.5 Å². The third-order valence-electron chi connectivity index (χ3n) is 3.89. The molecule has 2 rings (SSSR count). The zero-order valence-corrected chi connectivity index (χ0v) is 16.8. The molecule has 0 saturated carbocycles. The number of carbonyl (C=O) groups excluding carboxylic acids is 2. The topological polar surface area (TPSA) is 113 Å². The molecule has 0 aromatic carbocycles. The van der Waals surface area contributed by atoms with Gasteiger partial charge in [-0.15, -0.1) is 0 Å². The van der Waals surface area contributed by atoms with Gasteiger partial charge in [0.15, 0.2) is 16.7 Å². The van der Waals surface area contributed by atoms with E-state index in [0.29, 0.717) is 12.2 Å². The van der Waals surface area contributed by atoms with E-state index in [9.17, 15) is 19.2 Å². The lowest BCUT2D eigenvalue weighted by atomic mass is 10.3. The Morgan fingerprint density at radius 1 is 1.15 bits per heavy atom. The predicted molar refractivity (Wildman–Crippen MR) is 101 cm³/mol. The van der Waals surface area contributed by atoms with E-state index in [1.54, 1.807) is 6.92 Å². The van der Waals surface area contributed by atoms with Crippen LogP contribution in [0.1, 0.15) is 33.0 Å². The largest absolute Gasteiger partial charge is 0.465 e. The maximum atomic E-state index is 12.7. The second-order valence-corrected chi connectivity index (χ2v) is 7.05. The van der Waals surface area contributed by atoms with Gasteiger partial charge in [-0.2, -0.15) is 0 Å². The number of aryl methyl sites for hydroxylation is 2. The van der Waals surface area contributed by atoms with Crippen LogP contribution in [-0.2, 0) is 34.8 Å². The van der Waals surface area contributed by atoms with E-state index in [4.69, 9.17) is 4.74 Å². The number of hydrogen-bond acceptors (Lipinski definition) is 8. The van der Waals surface area contributed by atoms with Crippen molar-refractivity contribution < 1.29 is 14.3 Å². The minimum Gasteiger partial charge on any atom is -0.465 e. The second-order valence-electron chi connectivity index (χ2n) is 5.96. The first-order valence-corrected chi connectivity index (χ1v) is 9.41. The van der Waals surface area contributed by atoms with Crippen LogP contribution in [0.2, 0.25) is 0 Å². The van der Waals surface area contributed by atoms with E-state index < -0.39 is 28.3 Å². The summed E-state index contributed by atoms with van der Waals surface area (Å²) < 4.78 is 7.17. The van der Waals surface area contributed by atoms with Gasteiger partial charge in [-0.25, -0.2) is 14.8 Å². The molecule has 10 heteroatoms. The minimum absolute atomic E-state index is 0.0972. The molecule has 2 aromatic heterocycles. The van der Waals surface area contributed by atoms with Crippen LogP contribution >= 0.6 is 11.8 Å². The highest BCUT2D eigenvalue weighted by molar-refractivity contribution is 8.01. The number of Topliss-reactive ketones (excluding diaryl/α,β-unsaturated/α-hetero) is 1. The van der Waals surface area contributed by atoms with Crippen molar-refractivity contribution in [2.75, 3.05) is 6.61 Å². The molecule has 146 valence electrons. The summed E-state index contributed by atoms with van der Waals surface area (Å²) in [5.41, 5.74) is -0.918. The van der Waals surface area contributed by atoms with Crippen LogP contribution in [-0.4, -0.2) is 42.7 Å². The molecule has 0 aliphatic rings. The normalized spacial score (nSPS) is 12.2. The maximum absolute atomic E-state index is 12.7. The van der Waals surface area contributed by atoms with E-state index in [1.165, 1.54) is 25.6 Å². The number of nitrogens with zero attached hydrogens (tertiary/aromatic N) is 4. The average Bonchev–Trinajstić information content (AvgIpc) is 2.62. The number of ether oxygens (including phenoxy) is 1. The van der Waals surface area contributed by atoms with E-state index in [1.807, 2.05) is 6.92 Å². The highest BCUT2D eigenvalue weighted by Crippen LogP contribution is 2.28. The Balaban J connectivity index is 2.77. The highest BCUT2D eigenvalue weighted by Gasteiger charge is 2.29. The smallest absolute Gasteiger partial charge is 0.332 e. The Hall–Kier alpha value is -2.49. The Morgan fingerprint density at radius 3 is 2.37 bits per heavy atom. The summed E-state index contributed by atoms with van der Waals surface area (Å²) in [6, 6.07) is 0. The highest BCUT2D eigenvalue weighted by atomic mass is 32.2. The quantitative estimate of drug-likeness (QED) is 0.290. The number of ketones is 1. The molecule has 0 saturated heterocycles. The molecule has 0 bridgehead atoms. The fourth-order valence-electron chi connectivity index (χ4n) is 2.52. The van der Waals surface area contributed by atoms with Gasteiger partial charge in [-0.05, 0) is 20.3 Å². The first-order valence-electron chi connectivity index (χ1n) is 8.53. The van der Waals surface area contributed by atoms with Gasteiger partial charge in [0, 0.05) is 20.5 Å². The molecule has 0 N–H and O–H groups in total. The summed E-state index contributed by atoms with van der Waals surface area (Å²) in [4.78, 5) is 57.8. The number of thioether (sulfide) groups is 1. The molecule has 0 radical (unpaired) electrons. The summed E-state index contributed by atoms with van der Waals surface area (Å²) in [5, 5.41) is -0.868. The van der Waals surface area contributed by atoms with Crippen LogP contribution in [0, 0.1) is 0 Å². The van der Waals surface area contributed by atoms with Gasteiger partial charge in [0.1, 0.15) is 16.2 Å². The van der Waals surface area contributed by atoms with E-state index in [-0.39, 0.29) is 22.7 Å². The van der Waals surface area contributed by atoms with Crippen LogP contribution in [0.15, 0.2) is 14.6 Å². The fraction of sp³-hybridized carbons (Fsp3) is 0.529. The summed E-state index contributed by atoms with van der Waals surface area (Å²) in [7, 11) is 2.86. The predicted octanol–water partition coefficient (Wildman–Crippen LogP) is 0.593. The van der Waals surface area contributed by atoms with Crippen LogP contribution < -0.4 is 11.2 Å². The van der Waals surface area contributed by atoms with Gasteiger partial charge < -0.3 is 4.74 Å². The Labute approximate surface area is 159 Å². The molecule has 2 heterocycles. The van der Waals surface area contributed by atoms with Gasteiger partial charge in [0.25, 0.3) is 5.56 Å². The van der Waals surface area contributed by atoms with Crippen molar-refractivity contribution in [1.82, 2.24) is 19.1 Å². The maximum Gasteiger partial charge on any atom is 0.332 e. The molecule has 0 aliphatic heterocycles. The first kappa shape index (κ1) is 20.8. The molecule has 0 aliphatic carbocycles. The van der Waals surface area contributed by atoms with Crippen LogP contribution in [0.5, 0.6) is 0 Å². The minimum atomic E-state index is -1.15. The van der Waals surface area contributed by atoms with Gasteiger partial charge >= 0.3 is 11.7 Å². The van der Waals surface area contributed by atoms with E-state index >= 15 is 0 Å². The molecule has 1 atom stereocenters. The number of hydrogen-bond donors (Lipinski definition) is 0. The molecule has 27 heavy (non-hydrogen) atoms. The molecule has 0 amide bonds. The summed E-state index contributed by atoms with van der Waals surface area (Å²) in [6.45, 7) is 4.99. The number of rotatable bonds is 7. The van der Waals surface area contributed by atoms with Crippen molar-refractivity contribution in [1.29, 1.82) is 0 Å². The standard InChI is InChI=1S/C17H22N4O5S/c1-6-8-10-18-13-11(15(23)21(5)17(25)20(13)4)14(19-10)27-12(9(3)22)16(24)26-7-2/h12H,6-8H2,1-5H3/t12-/m1/s1. The van der Waals surface area contributed by atoms with Gasteiger partial charge in [-0.1, -0.05) is 18.7 Å². The summed E-state index contributed by atoms with van der Waals surface area (Å²) in [6.07, 6.45) is 1.28. The zero-order chi connectivity index (χ0) is 20.3. The van der Waals surface area contributed by atoms with Crippen molar-refractivity contribution in [3.8, 4) is 0 Å². The lowest BCUT2D eigenvalue weighted by molar-refractivity contribution is -0.144. The zero-order valence-electron chi connectivity index (χ0n) is 15.9. The molecule has 0 fully saturated rings. The van der Waals surface area contributed by atoms with Crippen LogP contribution in [0.3, 0.4) is 0 Å². The number of aromatic nitrogens is 4. The van der Waals surface area contributed by atoms with Crippen molar-refractivity contribution in [3.05, 3.63) is 26.7 Å². The average molecular weight is 394 g/mol. The van der Waals surface area contributed by atoms with Crippen LogP contribution in [0.4, 0.5) is 0 Å². The lowest BCUT2D eigenvalue weighted by Crippen LogP contribution is -2.38. The van der Waals surface area contributed by atoms with Crippen molar-refractivity contribution in [3.63, 3.8) is 0 Å². The monoisotopic (exact) mass is 394 g/mol. The van der Waals surface area contributed by atoms with E-state index in [2.05, 4.69) is 9.97 Å². The van der Waals surface area contributed by atoms with Gasteiger partial charge in [0.2, 0.25) is 0 Å². The van der Waals surface area contributed by atoms with Crippen molar-refractivity contribution >= 4 is 34.5 Å². The Morgan fingerprint density at radius 2 is 1.81 bits per heavy atom. The molecular formula is C17H22N4O5S. The molecule has 9 nitrogen and oxygen atoms in total. The van der Waals surface area contributed by atoms with Crippen molar-refractivity contribution in [2.45, 2.75) is 43.9 Å². The van der Waals surface area contributed by atoms with Crippen molar-refractivity contribution in [2.24, 2.45) is 14.1 Å². The molecule has 0 unspecified atom stereocenters. The molecule has 0 spiro atoms. The number of esters is 1. The first-order chi connectivity index (χ1) is 12.7. The number of fused-ring (bicyclic) bond motifs is 1. The van der Waals surface area contributed by atoms with Crippen LogP contribution in [0.25, 0.3) is 11.0 Å².